The van der Waals surface area contributed by atoms with Gasteiger partial charge in [0.05, 0.1) is 0 Å². The third kappa shape index (κ3) is 3.22. The number of nitrogens with one attached hydrogen (secondary N) is 2. The fourth-order valence-corrected chi connectivity index (χ4v) is 2.95. The number of carbonyl (C=O) groups is 2. The van der Waals surface area contributed by atoms with Crippen LogP contribution in [0.5, 0.6) is 0 Å². The van der Waals surface area contributed by atoms with Crippen molar-refractivity contribution in [3.8, 4) is 0 Å². The number of nitrogens with two attached hydrogens (primary N) is 1. The lowest BCUT2D eigenvalue weighted by Crippen LogP contribution is -2.34. The number of carbonyl (C=O) groups excluding carboxylic acids is 2. The van der Waals surface area contributed by atoms with Gasteiger partial charge in [-0.15, -0.1) is 0 Å². The molecule has 0 aromatic heterocycles. The van der Waals surface area contributed by atoms with Crippen LogP contribution in [0.2, 0.25) is 0 Å². The highest BCUT2D eigenvalue weighted by Crippen LogP contribution is 2.58. The van der Waals surface area contributed by atoms with Crippen LogP contribution < -0.4 is 16.4 Å². The first-order valence-electron chi connectivity index (χ1n) is 6.91. The van der Waals surface area contributed by atoms with Gasteiger partial charge in [-0.3, -0.25) is 9.59 Å². The van der Waals surface area contributed by atoms with E-state index in [4.69, 9.17) is 5.73 Å². The van der Waals surface area contributed by atoms with E-state index in [0.29, 0.717) is 18.4 Å². The van der Waals surface area contributed by atoms with E-state index in [2.05, 4.69) is 10.6 Å². The molecule has 1 saturated carbocycles. The molecule has 1 saturated heterocycles. The van der Waals surface area contributed by atoms with Crippen molar-refractivity contribution in [3.05, 3.63) is 0 Å². The quantitative estimate of drug-likeness (QED) is 0.589. The monoisotopic (exact) mass is 253 g/mol. The van der Waals surface area contributed by atoms with E-state index in [0.717, 1.165) is 45.2 Å². The second-order valence-electron chi connectivity index (χ2n) is 5.58. The van der Waals surface area contributed by atoms with Crippen LogP contribution in [-0.2, 0) is 9.59 Å². The van der Waals surface area contributed by atoms with Gasteiger partial charge in [-0.05, 0) is 50.6 Å². The Hall–Kier alpha value is -1.10. The predicted octanol–water partition coefficient (Wildman–Crippen LogP) is 0.148. The molecule has 1 spiro atoms. The molecule has 0 radical (unpaired) electrons. The van der Waals surface area contributed by atoms with E-state index in [1.807, 2.05) is 0 Å². The molecule has 0 aromatic carbocycles. The molecule has 1 heterocycles. The molecule has 0 aromatic rings. The molecule has 18 heavy (non-hydrogen) atoms. The zero-order valence-electron chi connectivity index (χ0n) is 10.8. The number of rotatable bonds is 6. The number of hydrogen-bond acceptors (Lipinski definition) is 3. The van der Waals surface area contributed by atoms with Crippen molar-refractivity contribution >= 4 is 11.8 Å². The van der Waals surface area contributed by atoms with E-state index in [9.17, 15) is 9.59 Å². The number of primary amides is 1. The van der Waals surface area contributed by atoms with Crippen molar-refractivity contribution in [1.82, 2.24) is 10.6 Å². The van der Waals surface area contributed by atoms with Crippen molar-refractivity contribution in [2.75, 3.05) is 19.6 Å². The van der Waals surface area contributed by atoms with Crippen molar-refractivity contribution in [2.45, 2.75) is 38.5 Å². The summed E-state index contributed by atoms with van der Waals surface area (Å²) >= 11 is 0. The van der Waals surface area contributed by atoms with Gasteiger partial charge in [0.15, 0.2) is 0 Å². The normalized spacial score (nSPS) is 24.8. The molecular weight excluding hydrogens is 230 g/mol. The van der Waals surface area contributed by atoms with Crippen LogP contribution in [0.4, 0.5) is 0 Å². The van der Waals surface area contributed by atoms with Crippen LogP contribution >= 0.6 is 0 Å². The molecule has 1 atom stereocenters. The number of piperidine rings is 1. The molecule has 2 amide bonds. The summed E-state index contributed by atoms with van der Waals surface area (Å²) in [4.78, 5) is 22.5. The Bertz CT molecular complexity index is 324. The van der Waals surface area contributed by atoms with Gasteiger partial charge in [0.1, 0.15) is 0 Å². The van der Waals surface area contributed by atoms with Gasteiger partial charge in [-0.25, -0.2) is 0 Å². The number of unbranched alkanes of at least 4 members (excludes halogenated alkanes) is 1. The van der Waals surface area contributed by atoms with E-state index >= 15 is 0 Å². The first-order valence-corrected chi connectivity index (χ1v) is 6.91. The van der Waals surface area contributed by atoms with Crippen molar-refractivity contribution in [1.29, 1.82) is 0 Å². The maximum absolute atomic E-state index is 12.0. The molecule has 2 fully saturated rings. The Morgan fingerprint density at radius 1 is 1.28 bits per heavy atom. The lowest BCUT2D eigenvalue weighted by molar-refractivity contribution is -0.123. The summed E-state index contributed by atoms with van der Waals surface area (Å²) in [7, 11) is 0. The fraction of sp³-hybridized carbons (Fsp3) is 0.846. The Balaban J connectivity index is 1.60. The first kappa shape index (κ1) is 13.3. The Labute approximate surface area is 108 Å². The highest BCUT2D eigenvalue weighted by atomic mass is 16.2. The molecule has 102 valence electrons. The lowest BCUT2D eigenvalue weighted by atomic mass is 9.92. The van der Waals surface area contributed by atoms with Gasteiger partial charge in [-0.2, -0.15) is 0 Å². The second-order valence-corrected chi connectivity index (χ2v) is 5.58. The van der Waals surface area contributed by atoms with E-state index in [1.165, 1.54) is 0 Å². The average molecular weight is 253 g/mol. The summed E-state index contributed by atoms with van der Waals surface area (Å²) in [6, 6.07) is 0. The van der Waals surface area contributed by atoms with E-state index in [-0.39, 0.29) is 17.7 Å². The molecule has 1 unspecified atom stereocenters. The maximum atomic E-state index is 12.0. The average Bonchev–Trinajstić information content (AvgIpc) is 3.03. The van der Waals surface area contributed by atoms with E-state index < -0.39 is 0 Å². The molecular formula is C13H23N3O2. The standard InChI is InChI=1S/C13H23N3O2/c14-11(17)3-1-2-6-16-12(18)10-9-13(10)4-7-15-8-5-13/h10,15H,1-9H2,(H2,14,17)(H,16,18). The Morgan fingerprint density at radius 3 is 2.67 bits per heavy atom. The summed E-state index contributed by atoms with van der Waals surface area (Å²) in [5, 5.41) is 6.31. The lowest BCUT2D eigenvalue weighted by Gasteiger charge is -2.23. The van der Waals surface area contributed by atoms with Gasteiger partial charge in [0, 0.05) is 18.9 Å². The third-order valence-corrected chi connectivity index (χ3v) is 4.25. The van der Waals surface area contributed by atoms with E-state index in [1.54, 1.807) is 0 Å². The fourth-order valence-electron chi connectivity index (χ4n) is 2.95. The molecule has 5 nitrogen and oxygen atoms in total. The topological polar surface area (TPSA) is 84.2 Å². The van der Waals surface area contributed by atoms with Crippen molar-refractivity contribution < 1.29 is 9.59 Å². The van der Waals surface area contributed by atoms with Crippen molar-refractivity contribution in [2.24, 2.45) is 17.1 Å². The summed E-state index contributed by atoms with van der Waals surface area (Å²) < 4.78 is 0. The van der Waals surface area contributed by atoms with Crippen LogP contribution in [0.3, 0.4) is 0 Å². The summed E-state index contributed by atoms with van der Waals surface area (Å²) in [6.07, 6.45) is 5.32. The molecule has 5 heteroatoms. The minimum absolute atomic E-state index is 0.205. The van der Waals surface area contributed by atoms with Crippen LogP contribution in [0.1, 0.15) is 38.5 Å². The number of amides is 2. The smallest absolute Gasteiger partial charge is 0.223 e. The minimum atomic E-state index is -0.267. The predicted molar refractivity (Wildman–Crippen MR) is 68.7 cm³/mol. The summed E-state index contributed by atoms with van der Waals surface area (Å²) in [6.45, 7) is 2.75. The Kier molecular flexibility index (Phi) is 4.22. The highest BCUT2D eigenvalue weighted by Gasteiger charge is 2.57. The molecule has 4 N–H and O–H groups in total. The largest absolute Gasteiger partial charge is 0.370 e. The first-order chi connectivity index (χ1) is 8.64. The Morgan fingerprint density at radius 2 is 2.00 bits per heavy atom. The summed E-state index contributed by atoms with van der Waals surface area (Å²) in [5.74, 6) is 0.170. The van der Waals surface area contributed by atoms with Gasteiger partial charge in [-0.1, -0.05) is 0 Å². The summed E-state index contributed by atoms with van der Waals surface area (Å²) in [5.41, 5.74) is 5.36. The van der Waals surface area contributed by atoms with Gasteiger partial charge < -0.3 is 16.4 Å². The molecule has 2 rings (SSSR count). The SMILES string of the molecule is NC(=O)CCCCNC(=O)C1CC12CCNCC2. The molecule has 2 aliphatic rings. The highest BCUT2D eigenvalue weighted by molar-refractivity contribution is 5.82. The second kappa shape index (κ2) is 5.69. The zero-order valence-corrected chi connectivity index (χ0v) is 10.8. The van der Waals surface area contributed by atoms with Crippen LogP contribution in [-0.4, -0.2) is 31.4 Å². The van der Waals surface area contributed by atoms with Gasteiger partial charge >= 0.3 is 0 Å². The van der Waals surface area contributed by atoms with Crippen LogP contribution in [0.15, 0.2) is 0 Å². The molecule has 1 aliphatic carbocycles. The number of hydrogen-bond donors (Lipinski definition) is 3. The van der Waals surface area contributed by atoms with Gasteiger partial charge in [0.2, 0.25) is 11.8 Å². The van der Waals surface area contributed by atoms with Crippen LogP contribution in [0, 0.1) is 11.3 Å². The van der Waals surface area contributed by atoms with Crippen LogP contribution in [0.25, 0.3) is 0 Å². The molecule has 1 aliphatic heterocycles. The minimum Gasteiger partial charge on any atom is -0.370 e. The molecule has 0 bridgehead atoms. The third-order valence-electron chi connectivity index (χ3n) is 4.25. The zero-order chi connectivity index (χ0) is 13.0. The van der Waals surface area contributed by atoms with Gasteiger partial charge in [0.25, 0.3) is 0 Å². The maximum Gasteiger partial charge on any atom is 0.223 e. The van der Waals surface area contributed by atoms with Crippen molar-refractivity contribution in [3.63, 3.8) is 0 Å².